The second-order valence-corrected chi connectivity index (χ2v) is 3.57. The van der Waals surface area contributed by atoms with Crippen LogP contribution in [0, 0.1) is 0 Å². The third-order valence-electron chi connectivity index (χ3n) is 2.36. The molecule has 3 heteroatoms. The molecule has 0 aliphatic carbocycles. The number of benzene rings is 1. The van der Waals surface area contributed by atoms with Crippen molar-refractivity contribution >= 4 is 5.69 Å². The summed E-state index contributed by atoms with van der Waals surface area (Å²) in [6, 6.07) is 11.7. The van der Waals surface area contributed by atoms with E-state index >= 15 is 0 Å². The van der Waals surface area contributed by atoms with E-state index < -0.39 is 0 Å². The molecule has 16 heavy (non-hydrogen) atoms. The number of hydrogen-bond acceptors (Lipinski definition) is 3. The summed E-state index contributed by atoms with van der Waals surface area (Å²) in [5.41, 5.74) is 3.12. The van der Waals surface area contributed by atoms with E-state index in [0.29, 0.717) is 0 Å². The maximum Gasteiger partial charge on any atom is 0.0682 e. The predicted molar refractivity (Wildman–Crippen MR) is 63.9 cm³/mol. The Morgan fingerprint density at radius 1 is 1.06 bits per heavy atom. The van der Waals surface area contributed by atoms with Crippen LogP contribution in [0.25, 0.3) is 0 Å². The minimum absolute atomic E-state index is 0.0742. The SMILES string of the molecule is OCc1cccc(NCc2ccncc2)c1. The first kappa shape index (κ1) is 10.6. The van der Waals surface area contributed by atoms with Crippen LogP contribution in [0.3, 0.4) is 0 Å². The van der Waals surface area contributed by atoms with Gasteiger partial charge in [0.2, 0.25) is 0 Å². The molecule has 0 saturated heterocycles. The van der Waals surface area contributed by atoms with Gasteiger partial charge in [0, 0.05) is 24.6 Å². The third kappa shape index (κ3) is 2.81. The number of anilines is 1. The maximum atomic E-state index is 9.01. The van der Waals surface area contributed by atoms with Gasteiger partial charge in [-0.1, -0.05) is 12.1 Å². The van der Waals surface area contributed by atoms with E-state index in [9.17, 15) is 0 Å². The summed E-state index contributed by atoms with van der Waals surface area (Å²) in [6.07, 6.45) is 3.56. The highest BCUT2D eigenvalue weighted by atomic mass is 16.3. The molecule has 2 aromatic rings. The summed E-state index contributed by atoms with van der Waals surface area (Å²) in [7, 11) is 0. The highest BCUT2D eigenvalue weighted by molar-refractivity contribution is 5.46. The van der Waals surface area contributed by atoms with Gasteiger partial charge in [0.1, 0.15) is 0 Å². The smallest absolute Gasteiger partial charge is 0.0682 e. The minimum atomic E-state index is 0.0742. The average molecular weight is 214 g/mol. The number of rotatable bonds is 4. The van der Waals surface area contributed by atoms with Crippen molar-refractivity contribution in [1.82, 2.24) is 4.98 Å². The fourth-order valence-corrected chi connectivity index (χ4v) is 1.48. The molecular weight excluding hydrogens is 200 g/mol. The van der Waals surface area contributed by atoms with E-state index in [-0.39, 0.29) is 6.61 Å². The fraction of sp³-hybridized carbons (Fsp3) is 0.154. The predicted octanol–water partition coefficient (Wildman–Crippen LogP) is 2.19. The molecule has 0 unspecified atom stereocenters. The summed E-state index contributed by atoms with van der Waals surface area (Å²) < 4.78 is 0. The first-order valence-corrected chi connectivity index (χ1v) is 5.21. The second-order valence-electron chi connectivity index (χ2n) is 3.57. The summed E-state index contributed by atoms with van der Waals surface area (Å²) in [4.78, 5) is 3.97. The highest BCUT2D eigenvalue weighted by Gasteiger charge is 1.95. The molecule has 1 aromatic heterocycles. The number of aromatic nitrogens is 1. The number of aliphatic hydroxyl groups excluding tert-OH is 1. The lowest BCUT2D eigenvalue weighted by Gasteiger charge is -2.07. The van der Waals surface area contributed by atoms with Gasteiger partial charge < -0.3 is 10.4 Å². The third-order valence-corrected chi connectivity index (χ3v) is 2.36. The Morgan fingerprint density at radius 3 is 2.62 bits per heavy atom. The van der Waals surface area contributed by atoms with Crippen LogP contribution in [0.2, 0.25) is 0 Å². The summed E-state index contributed by atoms with van der Waals surface area (Å²) in [5.74, 6) is 0. The van der Waals surface area contributed by atoms with Gasteiger partial charge in [-0.25, -0.2) is 0 Å². The minimum Gasteiger partial charge on any atom is -0.392 e. The highest BCUT2D eigenvalue weighted by Crippen LogP contribution is 2.11. The number of aliphatic hydroxyl groups is 1. The Morgan fingerprint density at radius 2 is 1.88 bits per heavy atom. The van der Waals surface area contributed by atoms with E-state index in [4.69, 9.17) is 5.11 Å². The monoisotopic (exact) mass is 214 g/mol. The van der Waals surface area contributed by atoms with Gasteiger partial charge in [-0.2, -0.15) is 0 Å². The average Bonchev–Trinajstić information content (AvgIpc) is 2.38. The molecular formula is C13H14N2O. The van der Waals surface area contributed by atoms with Gasteiger partial charge in [-0.3, -0.25) is 4.98 Å². The lowest BCUT2D eigenvalue weighted by atomic mass is 10.2. The van der Waals surface area contributed by atoms with Gasteiger partial charge in [0.05, 0.1) is 6.61 Å². The Hall–Kier alpha value is -1.87. The standard InChI is InChI=1S/C13H14N2O/c16-10-12-2-1-3-13(8-12)15-9-11-4-6-14-7-5-11/h1-8,15-16H,9-10H2. The maximum absolute atomic E-state index is 9.01. The van der Waals surface area contributed by atoms with Crippen LogP contribution in [0.1, 0.15) is 11.1 Å². The van der Waals surface area contributed by atoms with Crippen LogP contribution in [0.15, 0.2) is 48.8 Å². The molecule has 0 atom stereocenters. The molecule has 0 fully saturated rings. The molecule has 0 aliphatic rings. The zero-order valence-electron chi connectivity index (χ0n) is 8.93. The van der Waals surface area contributed by atoms with Crippen LogP contribution in [-0.2, 0) is 13.2 Å². The van der Waals surface area contributed by atoms with Crippen LogP contribution in [0.5, 0.6) is 0 Å². The van der Waals surface area contributed by atoms with Crippen molar-refractivity contribution < 1.29 is 5.11 Å². The molecule has 0 saturated carbocycles. The molecule has 2 N–H and O–H groups in total. The van der Waals surface area contributed by atoms with Gasteiger partial charge in [0.15, 0.2) is 0 Å². The van der Waals surface area contributed by atoms with Gasteiger partial charge >= 0.3 is 0 Å². The van der Waals surface area contributed by atoms with Crippen LogP contribution in [0.4, 0.5) is 5.69 Å². The number of nitrogens with zero attached hydrogens (tertiary/aromatic N) is 1. The zero-order valence-corrected chi connectivity index (χ0v) is 8.93. The van der Waals surface area contributed by atoms with Gasteiger partial charge in [0.25, 0.3) is 0 Å². The number of nitrogens with one attached hydrogen (secondary N) is 1. The van der Waals surface area contributed by atoms with Crippen molar-refractivity contribution in [3.63, 3.8) is 0 Å². The molecule has 82 valence electrons. The van der Waals surface area contributed by atoms with E-state index in [2.05, 4.69) is 10.3 Å². The molecule has 0 aliphatic heterocycles. The number of hydrogen-bond donors (Lipinski definition) is 2. The fourth-order valence-electron chi connectivity index (χ4n) is 1.48. The molecule has 1 aromatic carbocycles. The Labute approximate surface area is 94.8 Å². The molecule has 2 rings (SSSR count). The molecule has 3 nitrogen and oxygen atoms in total. The molecule has 0 radical (unpaired) electrons. The molecule has 0 spiro atoms. The van der Waals surface area contributed by atoms with Crippen LogP contribution in [-0.4, -0.2) is 10.1 Å². The van der Waals surface area contributed by atoms with Crippen molar-refractivity contribution in [1.29, 1.82) is 0 Å². The Bertz CT molecular complexity index is 443. The number of pyridine rings is 1. The molecule has 1 heterocycles. The van der Waals surface area contributed by atoms with Crippen molar-refractivity contribution in [2.24, 2.45) is 0 Å². The summed E-state index contributed by atoms with van der Waals surface area (Å²) in [6.45, 7) is 0.835. The van der Waals surface area contributed by atoms with E-state index in [1.807, 2.05) is 36.4 Å². The van der Waals surface area contributed by atoms with E-state index in [1.165, 1.54) is 5.56 Å². The van der Waals surface area contributed by atoms with Gasteiger partial charge in [-0.15, -0.1) is 0 Å². The molecule has 0 amide bonds. The van der Waals surface area contributed by atoms with Gasteiger partial charge in [-0.05, 0) is 35.4 Å². The summed E-state index contributed by atoms with van der Waals surface area (Å²) in [5, 5.41) is 12.3. The van der Waals surface area contributed by atoms with Crippen molar-refractivity contribution in [3.05, 3.63) is 59.9 Å². The summed E-state index contributed by atoms with van der Waals surface area (Å²) >= 11 is 0. The quantitative estimate of drug-likeness (QED) is 0.820. The van der Waals surface area contributed by atoms with Crippen molar-refractivity contribution in [2.75, 3.05) is 5.32 Å². The first-order chi connectivity index (χ1) is 7.88. The Balaban J connectivity index is 1.99. The van der Waals surface area contributed by atoms with Crippen molar-refractivity contribution in [2.45, 2.75) is 13.2 Å². The largest absolute Gasteiger partial charge is 0.392 e. The lowest BCUT2D eigenvalue weighted by Crippen LogP contribution is -1.99. The molecule has 0 bridgehead atoms. The zero-order chi connectivity index (χ0) is 11.2. The topological polar surface area (TPSA) is 45.1 Å². The van der Waals surface area contributed by atoms with Crippen LogP contribution >= 0.6 is 0 Å². The lowest BCUT2D eigenvalue weighted by molar-refractivity contribution is 0.282. The van der Waals surface area contributed by atoms with Crippen LogP contribution < -0.4 is 5.32 Å². The van der Waals surface area contributed by atoms with Crippen molar-refractivity contribution in [3.8, 4) is 0 Å². The normalized spacial score (nSPS) is 10.1. The van der Waals surface area contributed by atoms with E-state index in [0.717, 1.165) is 17.8 Å². The first-order valence-electron chi connectivity index (χ1n) is 5.21. The second kappa shape index (κ2) is 5.28. The van der Waals surface area contributed by atoms with E-state index in [1.54, 1.807) is 12.4 Å². The Kier molecular flexibility index (Phi) is 3.51.